The first-order chi connectivity index (χ1) is 8.85. The lowest BCUT2D eigenvalue weighted by Crippen LogP contribution is -2.31. The number of nitrogens with zero attached hydrogens (tertiary/aromatic N) is 2. The number of hydrogen-bond acceptors (Lipinski definition) is 3. The first-order valence-electron chi connectivity index (χ1n) is 7.09. The summed E-state index contributed by atoms with van der Waals surface area (Å²) in [5.74, 6) is 0.535. The summed E-state index contributed by atoms with van der Waals surface area (Å²) in [5.41, 5.74) is 1.03. The molecule has 102 valence electrons. The average molecular weight is 287 g/mol. The van der Waals surface area contributed by atoms with Crippen molar-refractivity contribution in [1.82, 2.24) is 9.88 Å². The van der Waals surface area contributed by atoms with E-state index in [0.717, 1.165) is 12.1 Å². The minimum absolute atomic E-state index is 0.505. The lowest BCUT2D eigenvalue weighted by Gasteiger charge is -2.31. The molecular weight excluding hydrogens is 264 g/mol. The van der Waals surface area contributed by atoms with Gasteiger partial charge in [0.1, 0.15) is 5.01 Å². The van der Waals surface area contributed by atoms with Crippen LogP contribution in [-0.2, 0) is 5.88 Å². The van der Waals surface area contributed by atoms with Crippen LogP contribution < -0.4 is 0 Å². The fourth-order valence-corrected chi connectivity index (χ4v) is 3.97. The quantitative estimate of drug-likeness (QED) is 0.752. The highest BCUT2D eigenvalue weighted by molar-refractivity contribution is 7.09. The minimum atomic E-state index is 0.505. The smallest absolute Gasteiger partial charge is 0.110 e. The van der Waals surface area contributed by atoms with Crippen molar-refractivity contribution in [3.63, 3.8) is 0 Å². The van der Waals surface area contributed by atoms with E-state index in [4.69, 9.17) is 11.6 Å². The summed E-state index contributed by atoms with van der Waals surface area (Å²) < 4.78 is 0. The van der Waals surface area contributed by atoms with E-state index in [-0.39, 0.29) is 0 Å². The van der Waals surface area contributed by atoms with Crippen LogP contribution in [0.3, 0.4) is 0 Å². The van der Waals surface area contributed by atoms with Crippen LogP contribution >= 0.6 is 22.9 Å². The predicted molar refractivity (Wildman–Crippen MR) is 79.4 cm³/mol. The Balaban J connectivity index is 2.05. The third-order valence-electron chi connectivity index (χ3n) is 3.71. The van der Waals surface area contributed by atoms with Gasteiger partial charge in [-0.25, -0.2) is 4.98 Å². The highest BCUT2D eigenvalue weighted by Gasteiger charge is 2.21. The molecule has 1 aromatic rings. The van der Waals surface area contributed by atoms with Gasteiger partial charge in [-0.15, -0.1) is 22.9 Å². The molecule has 0 N–H and O–H groups in total. The van der Waals surface area contributed by atoms with Gasteiger partial charge in [-0.05, 0) is 32.4 Å². The zero-order chi connectivity index (χ0) is 12.8. The molecule has 1 unspecified atom stereocenters. The van der Waals surface area contributed by atoms with Gasteiger partial charge in [-0.2, -0.15) is 0 Å². The number of alkyl halides is 1. The maximum absolute atomic E-state index is 5.85. The SMILES string of the molecule is CCC(c1nc(CCl)cs1)N1CCCCCCC1. The van der Waals surface area contributed by atoms with Gasteiger partial charge < -0.3 is 0 Å². The highest BCUT2D eigenvalue weighted by atomic mass is 35.5. The van der Waals surface area contributed by atoms with Gasteiger partial charge in [0.15, 0.2) is 0 Å². The van der Waals surface area contributed by atoms with Crippen LogP contribution in [0.5, 0.6) is 0 Å². The zero-order valence-corrected chi connectivity index (χ0v) is 12.8. The molecule has 1 aromatic heterocycles. The number of thiazole rings is 1. The summed E-state index contributed by atoms with van der Waals surface area (Å²) in [6, 6.07) is 0.505. The summed E-state index contributed by atoms with van der Waals surface area (Å²) in [6.45, 7) is 4.73. The molecule has 1 saturated heterocycles. The largest absolute Gasteiger partial charge is 0.294 e. The second-order valence-corrected chi connectivity index (χ2v) is 6.20. The Bertz CT molecular complexity index is 345. The van der Waals surface area contributed by atoms with Crippen molar-refractivity contribution >= 4 is 22.9 Å². The van der Waals surface area contributed by atoms with Crippen LogP contribution in [0.15, 0.2) is 5.38 Å². The van der Waals surface area contributed by atoms with Gasteiger partial charge in [0.25, 0.3) is 0 Å². The predicted octanol–water partition coefficient (Wildman–Crippen LogP) is 4.60. The van der Waals surface area contributed by atoms with E-state index < -0.39 is 0 Å². The van der Waals surface area contributed by atoms with Crippen molar-refractivity contribution in [1.29, 1.82) is 0 Å². The summed E-state index contributed by atoms with van der Waals surface area (Å²) in [6.07, 6.45) is 8.01. The monoisotopic (exact) mass is 286 g/mol. The molecule has 0 radical (unpaired) electrons. The standard InChI is InChI=1S/C14H23ClN2S/c1-2-13(14-16-12(10-15)11-18-14)17-8-6-4-3-5-7-9-17/h11,13H,2-10H2,1H3. The normalized spacial score (nSPS) is 20.3. The first-order valence-corrected chi connectivity index (χ1v) is 8.51. The Morgan fingerprint density at radius 3 is 2.50 bits per heavy atom. The van der Waals surface area contributed by atoms with Crippen molar-refractivity contribution in [3.05, 3.63) is 16.1 Å². The Morgan fingerprint density at radius 1 is 1.28 bits per heavy atom. The van der Waals surface area contributed by atoms with Crippen LogP contribution in [0.4, 0.5) is 0 Å². The molecule has 0 aliphatic carbocycles. The van der Waals surface area contributed by atoms with Crippen molar-refractivity contribution in [3.8, 4) is 0 Å². The van der Waals surface area contributed by atoms with Crippen molar-refractivity contribution in [2.75, 3.05) is 13.1 Å². The molecule has 0 saturated carbocycles. The molecule has 1 fully saturated rings. The molecule has 1 aliphatic rings. The Morgan fingerprint density at radius 2 is 1.94 bits per heavy atom. The van der Waals surface area contributed by atoms with Gasteiger partial charge in [0, 0.05) is 5.38 Å². The first kappa shape index (κ1) is 14.3. The summed E-state index contributed by atoms with van der Waals surface area (Å²) >= 11 is 7.63. The molecular formula is C14H23ClN2S. The van der Waals surface area contributed by atoms with E-state index in [0.29, 0.717) is 11.9 Å². The highest BCUT2D eigenvalue weighted by Crippen LogP contribution is 2.29. The molecule has 0 aromatic carbocycles. The van der Waals surface area contributed by atoms with Crippen molar-refractivity contribution < 1.29 is 0 Å². The Kier molecular flexibility index (Phi) is 5.93. The molecule has 2 rings (SSSR count). The number of likely N-dealkylation sites (tertiary alicyclic amines) is 1. The second-order valence-electron chi connectivity index (χ2n) is 5.04. The molecule has 2 nitrogen and oxygen atoms in total. The van der Waals surface area contributed by atoms with E-state index in [1.807, 2.05) is 0 Å². The molecule has 1 aliphatic heterocycles. The van der Waals surface area contributed by atoms with Gasteiger partial charge >= 0.3 is 0 Å². The van der Waals surface area contributed by atoms with E-state index >= 15 is 0 Å². The van der Waals surface area contributed by atoms with Crippen molar-refractivity contribution in [2.24, 2.45) is 0 Å². The van der Waals surface area contributed by atoms with E-state index in [1.54, 1.807) is 11.3 Å². The second kappa shape index (κ2) is 7.46. The fraction of sp³-hybridized carbons (Fsp3) is 0.786. The molecule has 0 spiro atoms. The van der Waals surface area contributed by atoms with Crippen LogP contribution in [0.1, 0.15) is 62.2 Å². The van der Waals surface area contributed by atoms with E-state index in [1.165, 1.54) is 50.2 Å². The fourth-order valence-electron chi connectivity index (χ4n) is 2.71. The lowest BCUT2D eigenvalue weighted by atomic mass is 10.1. The van der Waals surface area contributed by atoms with Gasteiger partial charge in [0.2, 0.25) is 0 Å². The third kappa shape index (κ3) is 3.69. The molecule has 2 heterocycles. The van der Waals surface area contributed by atoms with Gasteiger partial charge in [-0.3, -0.25) is 4.90 Å². The lowest BCUT2D eigenvalue weighted by molar-refractivity contribution is 0.174. The summed E-state index contributed by atoms with van der Waals surface area (Å²) in [4.78, 5) is 7.31. The van der Waals surface area contributed by atoms with Gasteiger partial charge in [0.05, 0.1) is 17.6 Å². The number of hydrogen-bond donors (Lipinski definition) is 0. The van der Waals surface area contributed by atoms with E-state index in [2.05, 4.69) is 22.2 Å². The topological polar surface area (TPSA) is 16.1 Å². The van der Waals surface area contributed by atoms with Crippen LogP contribution in [0, 0.1) is 0 Å². The Hall–Kier alpha value is -0.120. The van der Waals surface area contributed by atoms with Gasteiger partial charge in [-0.1, -0.05) is 26.2 Å². The van der Waals surface area contributed by atoms with E-state index in [9.17, 15) is 0 Å². The number of rotatable bonds is 4. The van der Waals surface area contributed by atoms with Crippen molar-refractivity contribution in [2.45, 2.75) is 57.4 Å². The number of aromatic nitrogens is 1. The Labute approximate surface area is 119 Å². The maximum atomic E-state index is 5.85. The summed E-state index contributed by atoms with van der Waals surface area (Å²) in [5, 5.41) is 3.36. The average Bonchev–Trinajstić information content (AvgIpc) is 2.81. The molecule has 18 heavy (non-hydrogen) atoms. The molecule has 1 atom stereocenters. The number of halogens is 1. The summed E-state index contributed by atoms with van der Waals surface area (Å²) in [7, 11) is 0. The van der Waals surface area contributed by atoms with Crippen LogP contribution in [0.25, 0.3) is 0 Å². The zero-order valence-electron chi connectivity index (χ0n) is 11.2. The molecule has 4 heteroatoms. The minimum Gasteiger partial charge on any atom is -0.294 e. The third-order valence-corrected chi connectivity index (χ3v) is 4.98. The molecule has 0 bridgehead atoms. The van der Waals surface area contributed by atoms with Crippen LogP contribution in [0.2, 0.25) is 0 Å². The molecule has 0 amide bonds. The van der Waals surface area contributed by atoms with Crippen LogP contribution in [-0.4, -0.2) is 23.0 Å². The maximum Gasteiger partial charge on any atom is 0.110 e.